The Hall–Kier alpha value is -1.50. The Bertz CT molecular complexity index is 1230. The molecule has 414 valence electrons. The molecule has 7 N–H and O–H groups in total. The topological polar surface area (TPSA) is 231 Å². The van der Waals surface area contributed by atoms with Gasteiger partial charge in [-0.25, -0.2) is 0 Å². The van der Waals surface area contributed by atoms with Crippen molar-refractivity contribution < 1.29 is 73.8 Å². The summed E-state index contributed by atoms with van der Waals surface area (Å²) in [6.07, 6.45) is 25.5. The van der Waals surface area contributed by atoms with Crippen LogP contribution in [0.3, 0.4) is 0 Å². The van der Waals surface area contributed by atoms with Crippen LogP contribution in [0.15, 0.2) is 0 Å². The van der Waals surface area contributed by atoms with Crippen LogP contribution in [0.4, 0.5) is 0 Å². The lowest BCUT2D eigenvalue weighted by atomic mass is 9.98. The Morgan fingerprint density at radius 3 is 1.11 bits per heavy atom. The van der Waals surface area contributed by atoms with Crippen molar-refractivity contribution in [1.29, 1.82) is 0 Å². The van der Waals surface area contributed by atoms with Gasteiger partial charge in [-0.15, -0.1) is 0 Å². The molecule has 2 heterocycles. The van der Waals surface area contributed by atoms with Gasteiger partial charge in [0.15, 0.2) is 18.7 Å². The molecule has 0 radical (unpaired) electrons. The normalized spacial score (nSPS) is 25.3. The number of unbranched alkanes of at least 4 members (excludes halogenated alkanes) is 32. The van der Waals surface area contributed by atoms with Crippen LogP contribution in [0, 0.1) is 0 Å². The maximum atomic E-state index is 13.0. The van der Waals surface area contributed by atoms with E-state index in [0.29, 0.717) is 12.8 Å². The molecule has 2 aliphatic rings. The summed E-state index contributed by atoms with van der Waals surface area (Å²) in [5.41, 5.74) is 0. The highest BCUT2D eigenvalue weighted by Gasteiger charge is 2.47. The molecule has 0 saturated carbocycles. The van der Waals surface area contributed by atoms with Crippen LogP contribution in [0.5, 0.6) is 0 Å². The summed E-state index contributed by atoms with van der Waals surface area (Å²) in [7, 11) is 0. The number of rotatable bonds is 46. The lowest BCUT2D eigenvalue weighted by Gasteiger charge is -2.42. The van der Waals surface area contributed by atoms with Gasteiger partial charge in [-0.1, -0.05) is 219 Å². The number of ether oxygens (including phenoxy) is 6. The number of aliphatic hydroxyl groups is 7. The molecular weight excluding hydrogens is 901 g/mol. The van der Waals surface area contributed by atoms with Crippen molar-refractivity contribution in [2.45, 2.75) is 313 Å². The maximum Gasteiger partial charge on any atom is 0.306 e. The zero-order chi connectivity index (χ0) is 51.0. The van der Waals surface area contributed by atoms with Crippen LogP contribution in [0.2, 0.25) is 0 Å². The van der Waals surface area contributed by atoms with Crippen LogP contribution in [-0.4, -0.2) is 142 Å². The molecule has 0 aromatic carbocycles. The Morgan fingerprint density at radius 2 is 0.729 bits per heavy atom. The molecule has 15 nitrogen and oxygen atoms in total. The van der Waals surface area contributed by atoms with E-state index in [9.17, 15) is 45.3 Å². The monoisotopic (exact) mass is 1000 g/mol. The van der Waals surface area contributed by atoms with E-state index in [4.69, 9.17) is 28.4 Å². The summed E-state index contributed by atoms with van der Waals surface area (Å²) in [4.78, 5) is 25.9. The van der Waals surface area contributed by atoms with E-state index in [0.717, 1.165) is 38.5 Å². The predicted octanol–water partition coefficient (Wildman–Crippen LogP) is 9.17. The van der Waals surface area contributed by atoms with Gasteiger partial charge in [0.2, 0.25) is 0 Å². The lowest BCUT2D eigenvalue weighted by molar-refractivity contribution is -0.332. The fraction of sp³-hybridized carbons (Fsp3) is 0.964. The third-order valence-electron chi connectivity index (χ3n) is 14.1. The number of carbonyl (C=O) groups excluding carboxylic acids is 2. The highest BCUT2D eigenvalue weighted by atomic mass is 16.7. The number of hydrogen-bond acceptors (Lipinski definition) is 15. The average molecular weight is 1010 g/mol. The van der Waals surface area contributed by atoms with Gasteiger partial charge in [0.1, 0.15) is 55.4 Å². The highest BCUT2D eigenvalue weighted by Crippen LogP contribution is 2.27. The Balaban J connectivity index is 1.76. The van der Waals surface area contributed by atoms with E-state index >= 15 is 0 Å². The first-order valence-corrected chi connectivity index (χ1v) is 28.6. The number of carbonyl (C=O) groups is 2. The molecule has 11 atom stereocenters. The van der Waals surface area contributed by atoms with E-state index in [-0.39, 0.29) is 26.1 Å². The molecule has 0 aromatic heterocycles. The summed E-state index contributed by atoms with van der Waals surface area (Å²) >= 11 is 0. The second-order valence-corrected chi connectivity index (χ2v) is 20.5. The molecular formula is C55H104O15. The van der Waals surface area contributed by atoms with Crippen LogP contribution in [-0.2, 0) is 38.0 Å². The van der Waals surface area contributed by atoms with Gasteiger partial charge in [0.25, 0.3) is 0 Å². The minimum atomic E-state index is -1.76. The summed E-state index contributed by atoms with van der Waals surface area (Å²) in [6, 6.07) is 0. The summed E-state index contributed by atoms with van der Waals surface area (Å²) < 4.78 is 33.7. The van der Waals surface area contributed by atoms with Crippen molar-refractivity contribution in [3.63, 3.8) is 0 Å². The minimum Gasteiger partial charge on any atom is -0.462 e. The Morgan fingerprint density at radius 1 is 0.400 bits per heavy atom. The van der Waals surface area contributed by atoms with Crippen LogP contribution >= 0.6 is 0 Å². The molecule has 0 aliphatic carbocycles. The number of esters is 2. The van der Waals surface area contributed by atoms with Crippen LogP contribution < -0.4 is 0 Å². The molecule has 0 bridgehead atoms. The zero-order valence-electron chi connectivity index (χ0n) is 44.0. The smallest absolute Gasteiger partial charge is 0.306 e. The SMILES string of the molecule is CCCCCCCCCCCCCCCCCCCC(=O)OCC(COC1OC(COC2OC(CO)C(O)C(O)C2O)C(O)C(O)C1O)OC(=O)CCCCCCCCCCCCCCCCCCC. The van der Waals surface area contributed by atoms with Gasteiger partial charge in [-0.2, -0.15) is 0 Å². The fourth-order valence-electron chi connectivity index (χ4n) is 9.40. The van der Waals surface area contributed by atoms with Crippen molar-refractivity contribution in [3.8, 4) is 0 Å². The van der Waals surface area contributed by atoms with Crippen LogP contribution in [0.25, 0.3) is 0 Å². The van der Waals surface area contributed by atoms with Gasteiger partial charge >= 0.3 is 11.9 Å². The average Bonchev–Trinajstić information content (AvgIpc) is 3.35. The van der Waals surface area contributed by atoms with E-state index in [1.165, 1.54) is 167 Å². The minimum absolute atomic E-state index is 0.174. The summed E-state index contributed by atoms with van der Waals surface area (Å²) in [5.74, 6) is -0.904. The molecule has 2 saturated heterocycles. The molecule has 0 amide bonds. The van der Waals surface area contributed by atoms with Crippen molar-refractivity contribution in [2.24, 2.45) is 0 Å². The molecule has 11 unspecified atom stereocenters. The Kier molecular flexibility index (Phi) is 39.5. The first-order chi connectivity index (χ1) is 34.0. The molecule has 2 rings (SSSR count). The quantitative estimate of drug-likeness (QED) is 0.0223. The van der Waals surface area contributed by atoms with E-state index < -0.39 is 92.7 Å². The highest BCUT2D eigenvalue weighted by molar-refractivity contribution is 5.70. The van der Waals surface area contributed by atoms with Crippen molar-refractivity contribution in [1.82, 2.24) is 0 Å². The molecule has 0 aromatic rings. The fourth-order valence-corrected chi connectivity index (χ4v) is 9.40. The number of aliphatic hydroxyl groups excluding tert-OH is 7. The van der Waals surface area contributed by atoms with Crippen molar-refractivity contribution in [2.75, 3.05) is 26.4 Å². The van der Waals surface area contributed by atoms with E-state index in [2.05, 4.69) is 13.8 Å². The summed E-state index contributed by atoms with van der Waals surface area (Å²) in [5, 5.41) is 72.2. The third kappa shape index (κ3) is 30.0. The van der Waals surface area contributed by atoms with Crippen molar-refractivity contribution in [3.05, 3.63) is 0 Å². The Labute approximate surface area is 423 Å². The lowest BCUT2D eigenvalue weighted by Crippen LogP contribution is -2.61. The van der Waals surface area contributed by atoms with Gasteiger partial charge in [-0.3, -0.25) is 9.59 Å². The first kappa shape index (κ1) is 64.6. The summed E-state index contributed by atoms with van der Waals surface area (Å²) in [6.45, 7) is 2.65. The van der Waals surface area contributed by atoms with Gasteiger partial charge in [0, 0.05) is 12.8 Å². The molecule has 2 aliphatic heterocycles. The number of hydrogen-bond donors (Lipinski definition) is 7. The second-order valence-electron chi connectivity index (χ2n) is 20.5. The zero-order valence-corrected chi connectivity index (χ0v) is 44.0. The first-order valence-electron chi connectivity index (χ1n) is 28.6. The molecule has 2 fully saturated rings. The molecule has 15 heteroatoms. The van der Waals surface area contributed by atoms with E-state index in [1.54, 1.807) is 0 Å². The molecule has 70 heavy (non-hydrogen) atoms. The second kappa shape index (κ2) is 42.8. The van der Waals surface area contributed by atoms with Gasteiger partial charge in [0.05, 0.1) is 19.8 Å². The maximum absolute atomic E-state index is 13.0. The predicted molar refractivity (Wildman–Crippen MR) is 271 cm³/mol. The third-order valence-corrected chi connectivity index (χ3v) is 14.1. The largest absolute Gasteiger partial charge is 0.462 e. The van der Waals surface area contributed by atoms with Crippen LogP contribution in [0.1, 0.15) is 245 Å². The molecule has 0 spiro atoms. The van der Waals surface area contributed by atoms with Gasteiger partial charge < -0.3 is 64.2 Å². The van der Waals surface area contributed by atoms with E-state index in [1.807, 2.05) is 0 Å². The van der Waals surface area contributed by atoms with Crippen molar-refractivity contribution >= 4 is 11.9 Å². The van der Waals surface area contributed by atoms with Gasteiger partial charge in [-0.05, 0) is 12.8 Å². The standard InChI is InChI=1S/C55H104O15/c1-3-5-7-9-11-13-15-17-19-21-23-25-27-29-31-33-35-37-46(57)65-40-43(68-47(58)38-36-34-32-30-28-26-24-22-20-18-16-14-12-10-8-6-4-2)41-66-54-53(64)51(62)49(60)45(70-54)42-67-55-52(63)50(61)48(59)44(39-56)69-55/h43-45,48-56,59-64H,3-42H2,1-2H3.